The molecule has 2 N–H and O–H groups in total. The van der Waals surface area contributed by atoms with Gasteiger partial charge in [0.15, 0.2) is 5.69 Å². The quantitative estimate of drug-likeness (QED) is 0.866. The molecule has 0 saturated carbocycles. The SMILES string of the molecule is CCc1cccnc1CNc1nc(C)cc(C(=O)O)n1. The molecule has 6 heteroatoms. The first-order valence-corrected chi connectivity index (χ1v) is 6.35. The number of aryl methyl sites for hydroxylation is 2. The lowest BCUT2D eigenvalue weighted by atomic mass is 10.1. The molecule has 0 aromatic carbocycles. The van der Waals surface area contributed by atoms with E-state index in [1.165, 1.54) is 6.07 Å². The third kappa shape index (κ3) is 3.28. The normalized spacial score (nSPS) is 10.3. The summed E-state index contributed by atoms with van der Waals surface area (Å²) in [4.78, 5) is 23.4. The van der Waals surface area contributed by atoms with Gasteiger partial charge in [0.2, 0.25) is 5.95 Å². The maximum atomic E-state index is 10.9. The topological polar surface area (TPSA) is 88.0 Å². The maximum absolute atomic E-state index is 10.9. The van der Waals surface area contributed by atoms with Crippen molar-refractivity contribution in [2.45, 2.75) is 26.8 Å². The van der Waals surface area contributed by atoms with E-state index in [4.69, 9.17) is 5.11 Å². The standard InChI is InChI=1S/C14H16N4O2/c1-3-10-5-4-6-15-12(10)8-16-14-17-9(2)7-11(18-14)13(19)20/h4-7H,3,8H2,1-2H3,(H,19,20)(H,16,17,18). The van der Waals surface area contributed by atoms with Crippen LogP contribution in [0.5, 0.6) is 0 Å². The molecule has 0 aliphatic carbocycles. The van der Waals surface area contributed by atoms with Gasteiger partial charge in [0.25, 0.3) is 0 Å². The van der Waals surface area contributed by atoms with Crippen molar-refractivity contribution >= 4 is 11.9 Å². The monoisotopic (exact) mass is 272 g/mol. The number of rotatable bonds is 5. The lowest BCUT2D eigenvalue weighted by Crippen LogP contribution is -2.11. The van der Waals surface area contributed by atoms with Gasteiger partial charge in [0.1, 0.15) is 0 Å². The van der Waals surface area contributed by atoms with E-state index in [1.54, 1.807) is 13.1 Å². The molecular formula is C14H16N4O2. The van der Waals surface area contributed by atoms with Gasteiger partial charge in [-0.25, -0.2) is 14.8 Å². The molecule has 0 unspecified atom stereocenters. The van der Waals surface area contributed by atoms with E-state index in [2.05, 4.69) is 27.2 Å². The first-order valence-electron chi connectivity index (χ1n) is 6.35. The Morgan fingerprint density at radius 1 is 1.40 bits per heavy atom. The molecule has 2 rings (SSSR count). The lowest BCUT2D eigenvalue weighted by molar-refractivity contribution is 0.0690. The van der Waals surface area contributed by atoms with Crippen molar-refractivity contribution in [1.29, 1.82) is 0 Å². The first kappa shape index (κ1) is 13.9. The number of hydrogen-bond donors (Lipinski definition) is 2. The van der Waals surface area contributed by atoms with Crippen LogP contribution in [-0.4, -0.2) is 26.0 Å². The molecule has 6 nitrogen and oxygen atoms in total. The molecule has 0 saturated heterocycles. The van der Waals surface area contributed by atoms with Gasteiger partial charge in [-0.1, -0.05) is 13.0 Å². The summed E-state index contributed by atoms with van der Waals surface area (Å²) in [5.41, 5.74) is 2.65. The summed E-state index contributed by atoms with van der Waals surface area (Å²) in [5, 5.41) is 12.0. The van der Waals surface area contributed by atoms with E-state index in [0.717, 1.165) is 17.7 Å². The van der Waals surface area contributed by atoms with Crippen LogP contribution in [0.3, 0.4) is 0 Å². The van der Waals surface area contributed by atoms with Crippen LogP contribution in [0.2, 0.25) is 0 Å². The number of carboxylic acid groups (broad SMARTS) is 1. The summed E-state index contributed by atoms with van der Waals surface area (Å²) in [6, 6.07) is 5.35. The third-order valence-corrected chi connectivity index (χ3v) is 2.85. The second-order valence-corrected chi connectivity index (χ2v) is 4.34. The van der Waals surface area contributed by atoms with Crippen molar-refractivity contribution in [1.82, 2.24) is 15.0 Å². The second kappa shape index (κ2) is 6.10. The molecule has 2 heterocycles. The van der Waals surface area contributed by atoms with Gasteiger partial charge in [0.05, 0.1) is 12.2 Å². The summed E-state index contributed by atoms with van der Waals surface area (Å²) in [7, 11) is 0. The number of nitrogens with zero attached hydrogens (tertiary/aromatic N) is 3. The Bertz CT molecular complexity index is 628. The zero-order valence-electron chi connectivity index (χ0n) is 11.4. The summed E-state index contributed by atoms with van der Waals surface area (Å²) >= 11 is 0. The van der Waals surface area contributed by atoms with Crippen LogP contribution in [0.1, 0.15) is 34.4 Å². The van der Waals surface area contributed by atoms with Crippen LogP contribution in [-0.2, 0) is 13.0 Å². The minimum absolute atomic E-state index is 0.0169. The van der Waals surface area contributed by atoms with Gasteiger partial charge >= 0.3 is 5.97 Å². The van der Waals surface area contributed by atoms with E-state index in [9.17, 15) is 4.79 Å². The number of aromatic nitrogens is 3. The Kier molecular flexibility index (Phi) is 4.24. The second-order valence-electron chi connectivity index (χ2n) is 4.34. The van der Waals surface area contributed by atoms with E-state index < -0.39 is 5.97 Å². The van der Waals surface area contributed by atoms with Crippen molar-refractivity contribution in [3.63, 3.8) is 0 Å². The minimum atomic E-state index is -1.06. The Morgan fingerprint density at radius 3 is 2.90 bits per heavy atom. The van der Waals surface area contributed by atoms with E-state index >= 15 is 0 Å². The fourth-order valence-corrected chi connectivity index (χ4v) is 1.87. The molecule has 2 aromatic heterocycles. The van der Waals surface area contributed by atoms with E-state index in [-0.39, 0.29) is 5.69 Å². The Balaban J connectivity index is 2.16. The molecule has 0 atom stereocenters. The maximum Gasteiger partial charge on any atom is 0.354 e. The summed E-state index contributed by atoms with van der Waals surface area (Å²) in [5.74, 6) is -0.763. The smallest absolute Gasteiger partial charge is 0.354 e. The number of anilines is 1. The van der Waals surface area contributed by atoms with Gasteiger partial charge in [-0.15, -0.1) is 0 Å². The third-order valence-electron chi connectivity index (χ3n) is 2.85. The average molecular weight is 272 g/mol. The predicted octanol–water partition coefficient (Wildman–Crippen LogP) is 2.05. The van der Waals surface area contributed by atoms with Gasteiger partial charge in [-0.3, -0.25) is 4.98 Å². The zero-order chi connectivity index (χ0) is 14.5. The van der Waals surface area contributed by atoms with Gasteiger partial charge in [0, 0.05) is 11.9 Å². The first-order chi connectivity index (χ1) is 9.60. The summed E-state index contributed by atoms with van der Waals surface area (Å²) < 4.78 is 0. The molecule has 104 valence electrons. The highest BCUT2D eigenvalue weighted by molar-refractivity contribution is 5.85. The molecule has 0 radical (unpaired) electrons. The van der Waals surface area contributed by atoms with Crippen molar-refractivity contribution in [3.05, 3.63) is 47.0 Å². The highest BCUT2D eigenvalue weighted by Crippen LogP contribution is 2.10. The van der Waals surface area contributed by atoms with Gasteiger partial charge in [-0.05, 0) is 31.0 Å². The van der Waals surface area contributed by atoms with E-state index in [1.807, 2.05) is 12.1 Å². The number of carbonyl (C=O) groups is 1. The fourth-order valence-electron chi connectivity index (χ4n) is 1.87. The number of nitrogens with one attached hydrogen (secondary N) is 1. The van der Waals surface area contributed by atoms with Crippen LogP contribution in [0.4, 0.5) is 5.95 Å². The van der Waals surface area contributed by atoms with Crippen LogP contribution in [0.15, 0.2) is 24.4 Å². The van der Waals surface area contributed by atoms with Gasteiger partial charge < -0.3 is 10.4 Å². The highest BCUT2D eigenvalue weighted by Gasteiger charge is 2.09. The van der Waals surface area contributed by atoms with Crippen LogP contribution in [0, 0.1) is 6.92 Å². The average Bonchev–Trinajstić information content (AvgIpc) is 2.44. The molecular weight excluding hydrogens is 256 g/mol. The van der Waals surface area contributed by atoms with Crippen LogP contribution in [0.25, 0.3) is 0 Å². The number of carboxylic acids is 1. The molecule has 0 spiro atoms. The Labute approximate surface area is 116 Å². The molecule has 20 heavy (non-hydrogen) atoms. The van der Waals surface area contributed by atoms with Crippen LogP contribution >= 0.6 is 0 Å². The highest BCUT2D eigenvalue weighted by atomic mass is 16.4. The Hall–Kier alpha value is -2.50. The van der Waals surface area contributed by atoms with Crippen molar-refractivity contribution in [2.24, 2.45) is 0 Å². The largest absolute Gasteiger partial charge is 0.477 e. The number of aromatic carboxylic acids is 1. The van der Waals surface area contributed by atoms with Crippen molar-refractivity contribution in [2.75, 3.05) is 5.32 Å². The summed E-state index contributed by atoms with van der Waals surface area (Å²) in [6.45, 7) is 4.26. The Morgan fingerprint density at radius 2 is 2.20 bits per heavy atom. The lowest BCUT2D eigenvalue weighted by Gasteiger charge is -2.09. The molecule has 0 amide bonds. The molecule has 0 aliphatic rings. The van der Waals surface area contributed by atoms with Crippen molar-refractivity contribution in [3.8, 4) is 0 Å². The van der Waals surface area contributed by atoms with Crippen LogP contribution < -0.4 is 5.32 Å². The van der Waals surface area contributed by atoms with E-state index in [0.29, 0.717) is 18.2 Å². The van der Waals surface area contributed by atoms with Gasteiger partial charge in [-0.2, -0.15) is 0 Å². The molecule has 0 aliphatic heterocycles. The molecule has 0 bridgehead atoms. The zero-order valence-corrected chi connectivity index (χ0v) is 11.4. The predicted molar refractivity (Wildman–Crippen MR) is 74.7 cm³/mol. The number of hydrogen-bond acceptors (Lipinski definition) is 5. The van der Waals surface area contributed by atoms with Crippen molar-refractivity contribution < 1.29 is 9.90 Å². The number of pyridine rings is 1. The minimum Gasteiger partial charge on any atom is -0.477 e. The molecule has 0 fully saturated rings. The summed E-state index contributed by atoms with van der Waals surface area (Å²) in [6.07, 6.45) is 2.62. The fraction of sp³-hybridized carbons (Fsp3) is 0.286. The molecule has 2 aromatic rings.